The predicted octanol–water partition coefficient (Wildman–Crippen LogP) is 5.03. The van der Waals surface area contributed by atoms with Crippen LogP contribution in [-0.4, -0.2) is 12.7 Å². The predicted molar refractivity (Wildman–Crippen MR) is 76.8 cm³/mol. The first-order chi connectivity index (χ1) is 8.90. The van der Waals surface area contributed by atoms with Gasteiger partial charge in [0.2, 0.25) is 0 Å². The first-order valence-electron chi connectivity index (χ1n) is 7.25. The number of hydrogen-bond acceptors (Lipinski definition) is 3. The van der Waals surface area contributed by atoms with Crippen LogP contribution in [0.1, 0.15) is 58.3 Å². The standard InChI is InChI=1S/C15H24O2S/c1-2-3-4-5-6-7-8-13-9-10-16-14-11-18-12-15(14)17-13/h11-13H,2-10H2,1H3. The van der Waals surface area contributed by atoms with Crippen LogP contribution in [-0.2, 0) is 0 Å². The average molecular weight is 268 g/mol. The van der Waals surface area contributed by atoms with Crippen LogP contribution >= 0.6 is 11.3 Å². The van der Waals surface area contributed by atoms with E-state index in [-0.39, 0.29) is 0 Å². The number of thiophene rings is 1. The Kier molecular flexibility index (Phi) is 5.85. The van der Waals surface area contributed by atoms with Crippen LogP contribution in [0.4, 0.5) is 0 Å². The highest BCUT2D eigenvalue weighted by atomic mass is 32.1. The van der Waals surface area contributed by atoms with E-state index in [4.69, 9.17) is 9.47 Å². The quantitative estimate of drug-likeness (QED) is 0.646. The van der Waals surface area contributed by atoms with Crippen molar-refractivity contribution in [3.63, 3.8) is 0 Å². The normalized spacial score (nSPS) is 18.6. The van der Waals surface area contributed by atoms with E-state index in [2.05, 4.69) is 12.3 Å². The SMILES string of the molecule is CCCCCCCCC1CCOc2cscc2O1. The minimum Gasteiger partial charge on any atom is -0.489 e. The van der Waals surface area contributed by atoms with Gasteiger partial charge >= 0.3 is 0 Å². The Balaban J connectivity index is 1.64. The summed E-state index contributed by atoms with van der Waals surface area (Å²) in [6.07, 6.45) is 10.6. The molecule has 1 atom stereocenters. The molecule has 0 radical (unpaired) electrons. The van der Waals surface area contributed by atoms with E-state index in [0.29, 0.717) is 6.10 Å². The second-order valence-corrected chi connectivity index (χ2v) is 5.78. The smallest absolute Gasteiger partial charge is 0.172 e. The maximum Gasteiger partial charge on any atom is 0.172 e. The van der Waals surface area contributed by atoms with Gasteiger partial charge in [0.1, 0.15) is 6.10 Å². The minimum atomic E-state index is 0.354. The Hall–Kier alpha value is -0.700. The monoisotopic (exact) mass is 268 g/mol. The van der Waals surface area contributed by atoms with Crippen molar-refractivity contribution in [3.8, 4) is 11.5 Å². The third-order valence-electron chi connectivity index (χ3n) is 3.46. The first kappa shape index (κ1) is 13.7. The topological polar surface area (TPSA) is 18.5 Å². The molecule has 2 rings (SSSR count). The lowest BCUT2D eigenvalue weighted by molar-refractivity contribution is 0.177. The number of ether oxygens (including phenoxy) is 2. The van der Waals surface area contributed by atoms with Gasteiger partial charge in [-0.2, -0.15) is 0 Å². The van der Waals surface area contributed by atoms with Crippen molar-refractivity contribution in [3.05, 3.63) is 10.8 Å². The van der Waals surface area contributed by atoms with E-state index in [9.17, 15) is 0 Å². The Labute approximate surface area is 114 Å². The summed E-state index contributed by atoms with van der Waals surface area (Å²) in [5.74, 6) is 1.89. The molecule has 18 heavy (non-hydrogen) atoms. The summed E-state index contributed by atoms with van der Waals surface area (Å²) in [5.41, 5.74) is 0. The summed E-state index contributed by atoms with van der Waals surface area (Å²) in [4.78, 5) is 0. The molecule has 0 amide bonds. The van der Waals surface area contributed by atoms with E-state index < -0.39 is 0 Å². The summed E-state index contributed by atoms with van der Waals surface area (Å²) >= 11 is 1.65. The maximum atomic E-state index is 6.01. The second kappa shape index (κ2) is 7.67. The van der Waals surface area contributed by atoms with Crippen molar-refractivity contribution in [2.24, 2.45) is 0 Å². The molecule has 0 fully saturated rings. The van der Waals surface area contributed by atoms with Crippen molar-refractivity contribution in [2.75, 3.05) is 6.61 Å². The van der Waals surface area contributed by atoms with Crippen molar-refractivity contribution >= 4 is 11.3 Å². The Bertz CT molecular complexity index is 335. The second-order valence-electron chi connectivity index (χ2n) is 5.03. The van der Waals surface area contributed by atoms with Gasteiger partial charge in [0, 0.05) is 17.2 Å². The largest absolute Gasteiger partial charge is 0.489 e. The Morgan fingerprint density at radius 2 is 1.89 bits per heavy atom. The molecule has 1 aliphatic heterocycles. The third-order valence-corrected chi connectivity index (χ3v) is 4.16. The van der Waals surface area contributed by atoms with E-state index in [0.717, 1.165) is 24.5 Å². The summed E-state index contributed by atoms with van der Waals surface area (Å²) in [6.45, 7) is 3.06. The lowest BCUT2D eigenvalue weighted by atomic mass is 10.1. The van der Waals surface area contributed by atoms with Crippen molar-refractivity contribution in [1.82, 2.24) is 0 Å². The van der Waals surface area contributed by atoms with Gasteiger partial charge in [-0.15, -0.1) is 11.3 Å². The molecule has 0 aromatic carbocycles. The highest BCUT2D eigenvalue weighted by molar-refractivity contribution is 7.08. The van der Waals surface area contributed by atoms with E-state index in [1.54, 1.807) is 11.3 Å². The van der Waals surface area contributed by atoms with Crippen LogP contribution in [0.3, 0.4) is 0 Å². The summed E-state index contributed by atoms with van der Waals surface area (Å²) in [7, 11) is 0. The van der Waals surface area contributed by atoms with Gasteiger partial charge in [-0.1, -0.05) is 39.0 Å². The lowest BCUT2D eigenvalue weighted by Crippen LogP contribution is -2.16. The van der Waals surface area contributed by atoms with Gasteiger partial charge in [0.15, 0.2) is 11.5 Å². The third kappa shape index (κ3) is 4.20. The van der Waals surface area contributed by atoms with E-state index >= 15 is 0 Å². The molecule has 1 aromatic heterocycles. The molecule has 1 unspecified atom stereocenters. The molecule has 0 saturated carbocycles. The molecule has 2 nitrogen and oxygen atoms in total. The van der Waals surface area contributed by atoms with Crippen LogP contribution in [0.2, 0.25) is 0 Å². The highest BCUT2D eigenvalue weighted by Crippen LogP contribution is 2.35. The molecule has 1 aliphatic rings. The average Bonchev–Trinajstić information content (AvgIpc) is 2.72. The zero-order valence-corrected chi connectivity index (χ0v) is 12.1. The number of hydrogen-bond donors (Lipinski definition) is 0. The number of rotatable bonds is 7. The van der Waals surface area contributed by atoms with Crippen molar-refractivity contribution in [2.45, 2.75) is 64.4 Å². The van der Waals surface area contributed by atoms with E-state index in [1.165, 1.54) is 44.9 Å². The van der Waals surface area contributed by atoms with Crippen LogP contribution in [0.15, 0.2) is 10.8 Å². The zero-order valence-electron chi connectivity index (χ0n) is 11.3. The molecule has 0 N–H and O–H groups in total. The zero-order chi connectivity index (χ0) is 12.6. The van der Waals surface area contributed by atoms with Crippen molar-refractivity contribution in [1.29, 1.82) is 0 Å². The maximum absolute atomic E-state index is 6.01. The summed E-state index contributed by atoms with van der Waals surface area (Å²) < 4.78 is 11.7. The Morgan fingerprint density at radius 1 is 1.11 bits per heavy atom. The van der Waals surface area contributed by atoms with E-state index in [1.807, 2.05) is 5.38 Å². The lowest BCUT2D eigenvalue weighted by Gasteiger charge is -2.14. The van der Waals surface area contributed by atoms with Gasteiger partial charge in [-0.05, 0) is 12.8 Å². The fourth-order valence-corrected chi connectivity index (χ4v) is 3.03. The molecule has 2 heterocycles. The van der Waals surface area contributed by atoms with Crippen LogP contribution < -0.4 is 9.47 Å². The summed E-state index contributed by atoms with van der Waals surface area (Å²) in [6, 6.07) is 0. The van der Waals surface area contributed by atoms with Crippen LogP contribution in [0.25, 0.3) is 0 Å². The van der Waals surface area contributed by atoms with Gasteiger partial charge in [-0.25, -0.2) is 0 Å². The highest BCUT2D eigenvalue weighted by Gasteiger charge is 2.18. The number of unbranched alkanes of at least 4 members (excludes halogenated alkanes) is 5. The van der Waals surface area contributed by atoms with Gasteiger partial charge < -0.3 is 9.47 Å². The molecule has 102 valence electrons. The fraction of sp³-hybridized carbons (Fsp3) is 0.733. The molecule has 0 aliphatic carbocycles. The number of fused-ring (bicyclic) bond motifs is 1. The molecule has 0 saturated heterocycles. The van der Waals surface area contributed by atoms with Gasteiger partial charge in [-0.3, -0.25) is 0 Å². The van der Waals surface area contributed by atoms with Gasteiger partial charge in [0.25, 0.3) is 0 Å². The van der Waals surface area contributed by atoms with Gasteiger partial charge in [0.05, 0.1) is 6.61 Å². The fourth-order valence-electron chi connectivity index (χ4n) is 2.36. The molecule has 0 spiro atoms. The molecular formula is C15H24O2S. The van der Waals surface area contributed by atoms with Crippen molar-refractivity contribution < 1.29 is 9.47 Å². The molecule has 0 bridgehead atoms. The minimum absolute atomic E-state index is 0.354. The Morgan fingerprint density at radius 3 is 2.78 bits per heavy atom. The summed E-state index contributed by atoms with van der Waals surface area (Å²) in [5, 5.41) is 4.08. The molecule has 1 aromatic rings. The molecule has 3 heteroatoms. The molecular weight excluding hydrogens is 244 g/mol. The van der Waals surface area contributed by atoms with Crippen LogP contribution in [0.5, 0.6) is 11.5 Å². The van der Waals surface area contributed by atoms with Crippen LogP contribution in [0, 0.1) is 0 Å². The first-order valence-corrected chi connectivity index (χ1v) is 8.20.